The molecule has 0 bridgehead atoms. The van der Waals surface area contributed by atoms with Gasteiger partial charge in [-0.05, 0) is 12.1 Å². The Kier molecular flexibility index (Phi) is 4.13. The summed E-state index contributed by atoms with van der Waals surface area (Å²) in [4.78, 5) is 27.6. The highest BCUT2D eigenvalue weighted by Gasteiger charge is 2.42. The van der Waals surface area contributed by atoms with Crippen LogP contribution in [0.3, 0.4) is 0 Å². The first-order chi connectivity index (χ1) is 10.4. The molecule has 0 saturated carbocycles. The van der Waals surface area contributed by atoms with Gasteiger partial charge in [-0.3, -0.25) is 14.6 Å². The maximum atomic E-state index is 11.8. The monoisotopic (exact) mass is 302 g/mol. The summed E-state index contributed by atoms with van der Waals surface area (Å²) in [5.41, 5.74) is 0.793. The van der Waals surface area contributed by atoms with Gasteiger partial charge in [-0.1, -0.05) is 0 Å². The molecule has 1 saturated heterocycles. The van der Waals surface area contributed by atoms with Crippen LogP contribution >= 0.6 is 0 Å². The standard InChI is InChI=1S/C15H14N2O5/c1-15(2)21-13(18)11(14(19)22-15)8-17-10-5-4-9(7-16)12(6-10)20-3/h4-6,8,11H,1-3H3/b17-8+. The lowest BCUT2D eigenvalue weighted by atomic mass is 10.1. The normalized spacial score (nSPS) is 17.7. The summed E-state index contributed by atoms with van der Waals surface area (Å²) >= 11 is 0. The SMILES string of the molecule is COc1cc(/N=C/C2C(=O)OC(C)(C)OC2=O)ccc1C#N. The van der Waals surface area contributed by atoms with E-state index >= 15 is 0 Å². The van der Waals surface area contributed by atoms with Crippen molar-refractivity contribution in [3.05, 3.63) is 23.8 Å². The van der Waals surface area contributed by atoms with E-state index in [9.17, 15) is 9.59 Å². The number of nitriles is 1. The van der Waals surface area contributed by atoms with Crippen molar-refractivity contribution in [2.75, 3.05) is 7.11 Å². The number of hydrogen-bond donors (Lipinski definition) is 0. The lowest BCUT2D eigenvalue weighted by Gasteiger charge is -2.31. The molecule has 22 heavy (non-hydrogen) atoms. The number of aliphatic imine (C=N–C) groups is 1. The highest BCUT2D eigenvalue weighted by molar-refractivity contribution is 6.10. The van der Waals surface area contributed by atoms with Gasteiger partial charge in [-0.15, -0.1) is 0 Å². The van der Waals surface area contributed by atoms with Crippen molar-refractivity contribution in [3.8, 4) is 11.8 Å². The van der Waals surface area contributed by atoms with Crippen LogP contribution in [0, 0.1) is 17.2 Å². The zero-order valence-electron chi connectivity index (χ0n) is 12.3. The van der Waals surface area contributed by atoms with Crippen LogP contribution in [0.2, 0.25) is 0 Å². The first-order valence-electron chi connectivity index (χ1n) is 6.44. The first-order valence-corrected chi connectivity index (χ1v) is 6.44. The number of ether oxygens (including phenoxy) is 3. The van der Waals surface area contributed by atoms with E-state index < -0.39 is 23.6 Å². The maximum Gasteiger partial charge on any atom is 0.329 e. The van der Waals surface area contributed by atoms with Crippen LogP contribution in [0.4, 0.5) is 5.69 Å². The van der Waals surface area contributed by atoms with Gasteiger partial charge in [0, 0.05) is 26.1 Å². The molecule has 2 rings (SSSR count). The van der Waals surface area contributed by atoms with Gasteiger partial charge in [0.15, 0.2) is 5.92 Å². The van der Waals surface area contributed by atoms with Crippen molar-refractivity contribution in [2.24, 2.45) is 10.9 Å². The molecule has 1 aliphatic rings. The number of methoxy groups -OCH3 is 1. The fraction of sp³-hybridized carbons (Fsp3) is 0.333. The predicted molar refractivity (Wildman–Crippen MR) is 75.6 cm³/mol. The van der Waals surface area contributed by atoms with Crippen LogP contribution in [0.25, 0.3) is 0 Å². The number of nitrogens with zero attached hydrogens (tertiary/aromatic N) is 2. The number of benzene rings is 1. The van der Waals surface area contributed by atoms with Crippen LogP contribution in [0.1, 0.15) is 19.4 Å². The molecule has 7 nitrogen and oxygen atoms in total. The molecule has 0 amide bonds. The zero-order chi connectivity index (χ0) is 16.3. The molecular formula is C15H14N2O5. The molecular weight excluding hydrogens is 288 g/mol. The summed E-state index contributed by atoms with van der Waals surface area (Å²) < 4.78 is 15.0. The third-order valence-corrected chi connectivity index (χ3v) is 2.88. The van der Waals surface area contributed by atoms with Crippen LogP contribution in [0.15, 0.2) is 23.2 Å². The van der Waals surface area contributed by atoms with Gasteiger partial charge >= 0.3 is 11.9 Å². The third-order valence-electron chi connectivity index (χ3n) is 2.88. The van der Waals surface area contributed by atoms with E-state index in [4.69, 9.17) is 19.5 Å². The second-order valence-electron chi connectivity index (χ2n) is 4.99. The first kappa shape index (κ1) is 15.5. The maximum absolute atomic E-state index is 11.8. The smallest absolute Gasteiger partial charge is 0.329 e. The van der Waals surface area contributed by atoms with Crippen LogP contribution < -0.4 is 4.74 Å². The molecule has 0 N–H and O–H groups in total. The summed E-state index contributed by atoms with van der Waals surface area (Å²) in [6, 6.07) is 6.61. The fourth-order valence-corrected chi connectivity index (χ4v) is 1.86. The molecule has 7 heteroatoms. The van der Waals surface area contributed by atoms with Crippen molar-refractivity contribution in [2.45, 2.75) is 19.6 Å². The predicted octanol–water partition coefficient (Wildman–Crippen LogP) is 1.72. The Morgan fingerprint density at radius 1 is 1.32 bits per heavy atom. The summed E-state index contributed by atoms with van der Waals surface area (Å²) in [6.45, 7) is 2.95. The lowest BCUT2D eigenvalue weighted by molar-refractivity contribution is -0.235. The Morgan fingerprint density at radius 3 is 2.50 bits per heavy atom. The van der Waals surface area contributed by atoms with Gasteiger partial charge < -0.3 is 14.2 Å². The van der Waals surface area contributed by atoms with Crippen molar-refractivity contribution in [1.82, 2.24) is 0 Å². The molecule has 0 aliphatic carbocycles. The number of carbonyl (C=O) groups excluding carboxylic acids is 2. The molecule has 1 aliphatic heterocycles. The highest BCUT2D eigenvalue weighted by Crippen LogP contribution is 2.26. The molecule has 0 spiro atoms. The number of cyclic esters (lactones) is 2. The molecule has 0 atom stereocenters. The minimum Gasteiger partial charge on any atom is -0.495 e. The molecule has 114 valence electrons. The van der Waals surface area contributed by atoms with Crippen molar-refractivity contribution in [1.29, 1.82) is 5.26 Å². The Labute approximate surface area is 127 Å². The average Bonchev–Trinajstić information content (AvgIpc) is 2.44. The second kappa shape index (κ2) is 5.85. The van der Waals surface area contributed by atoms with Gasteiger partial charge in [-0.2, -0.15) is 5.26 Å². The minimum atomic E-state index is -1.27. The van der Waals surface area contributed by atoms with E-state index in [0.717, 1.165) is 6.21 Å². The highest BCUT2D eigenvalue weighted by atomic mass is 16.7. The van der Waals surface area contributed by atoms with Gasteiger partial charge in [0.2, 0.25) is 0 Å². The zero-order valence-corrected chi connectivity index (χ0v) is 12.3. The molecule has 1 heterocycles. The summed E-state index contributed by atoms with van der Waals surface area (Å²) in [5, 5.41) is 8.90. The molecule has 0 unspecified atom stereocenters. The Hall–Kier alpha value is -2.88. The van der Waals surface area contributed by atoms with Gasteiger partial charge in [0.1, 0.15) is 11.8 Å². The molecule has 1 fully saturated rings. The fourth-order valence-electron chi connectivity index (χ4n) is 1.86. The number of carbonyl (C=O) groups is 2. The van der Waals surface area contributed by atoms with Crippen molar-refractivity contribution < 1.29 is 23.8 Å². The van der Waals surface area contributed by atoms with Crippen molar-refractivity contribution >= 4 is 23.8 Å². The topological polar surface area (TPSA) is 98.0 Å². The van der Waals surface area contributed by atoms with E-state index in [0.29, 0.717) is 17.0 Å². The molecule has 1 aromatic carbocycles. The molecule has 0 radical (unpaired) electrons. The molecule has 0 aromatic heterocycles. The lowest BCUT2D eigenvalue weighted by Crippen LogP contribution is -2.46. The van der Waals surface area contributed by atoms with Gasteiger partial charge in [0.05, 0.1) is 18.4 Å². The van der Waals surface area contributed by atoms with Crippen LogP contribution in [0.5, 0.6) is 5.75 Å². The van der Waals surface area contributed by atoms with Gasteiger partial charge in [-0.25, -0.2) is 0 Å². The number of hydrogen-bond acceptors (Lipinski definition) is 7. The third kappa shape index (κ3) is 3.23. The van der Waals surface area contributed by atoms with E-state index in [2.05, 4.69) is 4.99 Å². The number of esters is 2. The Morgan fingerprint density at radius 2 is 1.95 bits per heavy atom. The van der Waals surface area contributed by atoms with E-state index in [-0.39, 0.29) is 0 Å². The summed E-state index contributed by atoms with van der Waals surface area (Å²) in [7, 11) is 1.43. The van der Waals surface area contributed by atoms with Crippen LogP contribution in [-0.2, 0) is 19.1 Å². The Bertz CT molecular complexity index is 668. The van der Waals surface area contributed by atoms with Crippen molar-refractivity contribution in [3.63, 3.8) is 0 Å². The van der Waals surface area contributed by atoms with Gasteiger partial charge in [0.25, 0.3) is 5.79 Å². The van der Waals surface area contributed by atoms with E-state index in [1.165, 1.54) is 33.1 Å². The minimum absolute atomic E-state index is 0.354. The van der Waals surface area contributed by atoms with E-state index in [1.54, 1.807) is 6.07 Å². The van der Waals surface area contributed by atoms with E-state index in [1.807, 2.05) is 6.07 Å². The quantitative estimate of drug-likeness (QED) is 0.479. The number of rotatable bonds is 3. The Balaban J connectivity index is 2.20. The average molecular weight is 302 g/mol. The summed E-state index contributed by atoms with van der Waals surface area (Å²) in [5.74, 6) is -3.56. The van der Waals surface area contributed by atoms with Crippen LogP contribution in [-0.4, -0.2) is 31.1 Å². The second-order valence-corrected chi connectivity index (χ2v) is 4.99. The largest absolute Gasteiger partial charge is 0.495 e. The summed E-state index contributed by atoms with van der Waals surface area (Å²) in [6.07, 6.45) is 1.15. The molecule has 1 aromatic rings.